The van der Waals surface area contributed by atoms with Crippen LogP contribution in [0.2, 0.25) is 0 Å². The Bertz CT molecular complexity index is 251. The Balaban J connectivity index is 2.23. The molecule has 0 atom stereocenters. The number of esters is 1. The molecule has 4 heteroatoms. The Morgan fingerprint density at radius 3 is 2.40 bits per heavy atom. The highest BCUT2D eigenvalue weighted by molar-refractivity contribution is 5.81. The molecule has 1 aliphatic carbocycles. The highest BCUT2D eigenvalue weighted by Gasteiger charge is 2.26. The molecule has 1 saturated carbocycles. The van der Waals surface area contributed by atoms with Crippen LogP contribution in [0.1, 0.15) is 25.7 Å². The van der Waals surface area contributed by atoms with Gasteiger partial charge in [0.1, 0.15) is 0 Å². The Hall–Kier alpha value is -1.32. The Labute approximate surface area is 88.9 Å². The summed E-state index contributed by atoms with van der Waals surface area (Å²) < 4.78 is 4.92. The molecule has 1 fully saturated rings. The quantitative estimate of drug-likeness (QED) is 0.568. The normalized spacial score (nSPS) is 25.6. The number of carboxylic acid groups (broad SMARTS) is 1. The summed E-state index contributed by atoms with van der Waals surface area (Å²) in [4.78, 5) is 21.5. The van der Waals surface area contributed by atoms with Gasteiger partial charge in [-0.2, -0.15) is 0 Å². The molecule has 84 valence electrons. The van der Waals surface area contributed by atoms with E-state index in [1.807, 2.05) is 0 Å². The smallest absolute Gasteiger partial charge is 0.330 e. The topological polar surface area (TPSA) is 63.6 Å². The van der Waals surface area contributed by atoms with Gasteiger partial charge in [0.25, 0.3) is 0 Å². The summed E-state index contributed by atoms with van der Waals surface area (Å²) in [6.07, 6.45) is 4.16. The standard InChI is InChI=1S/C11H16O4/c1-2-10(12)15-7-8-3-5-9(6-4-8)11(13)14/h2,8-9H,1,3-7H2,(H,13,14). The van der Waals surface area contributed by atoms with E-state index < -0.39 is 11.9 Å². The lowest BCUT2D eigenvalue weighted by atomic mass is 9.82. The van der Waals surface area contributed by atoms with Crippen LogP contribution in [0, 0.1) is 11.8 Å². The third-order valence-electron chi connectivity index (χ3n) is 2.82. The molecule has 0 heterocycles. The van der Waals surface area contributed by atoms with Crippen LogP contribution < -0.4 is 0 Å². The molecule has 0 unspecified atom stereocenters. The number of hydrogen-bond acceptors (Lipinski definition) is 3. The molecule has 0 bridgehead atoms. The van der Waals surface area contributed by atoms with E-state index in [-0.39, 0.29) is 5.92 Å². The molecule has 15 heavy (non-hydrogen) atoms. The number of carboxylic acids is 1. The van der Waals surface area contributed by atoms with Gasteiger partial charge in [0, 0.05) is 6.08 Å². The second kappa shape index (κ2) is 5.53. The predicted octanol–water partition coefficient (Wildman–Crippen LogP) is 1.61. The van der Waals surface area contributed by atoms with Crippen molar-refractivity contribution in [2.75, 3.05) is 6.61 Å². The minimum atomic E-state index is -0.712. The Morgan fingerprint density at radius 1 is 1.33 bits per heavy atom. The minimum Gasteiger partial charge on any atom is -0.481 e. The third-order valence-corrected chi connectivity index (χ3v) is 2.82. The van der Waals surface area contributed by atoms with E-state index in [9.17, 15) is 9.59 Å². The predicted molar refractivity (Wildman–Crippen MR) is 54.2 cm³/mol. The average molecular weight is 212 g/mol. The first-order chi connectivity index (χ1) is 7.13. The van der Waals surface area contributed by atoms with Crippen molar-refractivity contribution in [2.24, 2.45) is 11.8 Å². The second-order valence-corrected chi connectivity index (χ2v) is 3.89. The first kappa shape index (κ1) is 11.8. The van der Waals surface area contributed by atoms with Crippen LogP contribution in [0.25, 0.3) is 0 Å². The summed E-state index contributed by atoms with van der Waals surface area (Å²) in [5, 5.41) is 8.78. The first-order valence-corrected chi connectivity index (χ1v) is 5.15. The third kappa shape index (κ3) is 3.73. The summed E-state index contributed by atoms with van der Waals surface area (Å²) in [6.45, 7) is 3.69. The Morgan fingerprint density at radius 2 is 1.93 bits per heavy atom. The zero-order valence-electron chi connectivity index (χ0n) is 8.65. The molecule has 1 rings (SSSR count). The van der Waals surface area contributed by atoms with E-state index >= 15 is 0 Å². The number of aliphatic carboxylic acids is 1. The largest absolute Gasteiger partial charge is 0.481 e. The maximum atomic E-state index is 10.8. The molecular formula is C11H16O4. The van der Waals surface area contributed by atoms with Gasteiger partial charge in [-0.3, -0.25) is 4.79 Å². The van der Waals surface area contributed by atoms with E-state index in [1.165, 1.54) is 0 Å². The zero-order valence-corrected chi connectivity index (χ0v) is 8.65. The van der Waals surface area contributed by atoms with Crippen molar-refractivity contribution >= 4 is 11.9 Å². The number of carbonyl (C=O) groups is 2. The summed E-state index contributed by atoms with van der Waals surface area (Å²) in [5.74, 6) is -1.02. The van der Waals surface area contributed by atoms with Gasteiger partial charge in [0.2, 0.25) is 0 Å². The molecular weight excluding hydrogens is 196 g/mol. The maximum Gasteiger partial charge on any atom is 0.330 e. The molecule has 0 aliphatic heterocycles. The molecule has 0 amide bonds. The van der Waals surface area contributed by atoms with Crippen molar-refractivity contribution in [3.05, 3.63) is 12.7 Å². The number of hydrogen-bond donors (Lipinski definition) is 1. The molecule has 0 aromatic heterocycles. The van der Waals surface area contributed by atoms with Crippen molar-refractivity contribution in [3.63, 3.8) is 0 Å². The number of rotatable bonds is 4. The van der Waals surface area contributed by atoms with Gasteiger partial charge in [-0.05, 0) is 31.6 Å². The van der Waals surface area contributed by atoms with Crippen LogP contribution in [0.4, 0.5) is 0 Å². The van der Waals surface area contributed by atoms with Gasteiger partial charge < -0.3 is 9.84 Å². The summed E-state index contributed by atoms with van der Waals surface area (Å²) in [7, 11) is 0. The average Bonchev–Trinajstić information content (AvgIpc) is 2.26. The van der Waals surface area contributed by atoms with Crippen LogP contribution in [-0.2, 0) is 14.3 Å². The Kier molecular flexibility index (Phi) is 4.34. The molecule has 1 aliphatic rings. The van der Waals surface area contributed by atoms with Crippen LogP contribution >= 0.6 is 0 Å². The zero-order chi connectivity index (χ0) is 11.3. The molecule has 0 radical (unpaired) electrons. The van der Waals surface area contributed by atoms with Crippen LogP contribution in [0.15, 0.2) is 12.7 Å². The van der Waals surface area contributed by atoms with E-state index in [0.29, 0.717) is 25.4 Å². The van der Waals surface area contributed by atoms with Gasteiger partial charge in [-0.25, -0.2) is 4.79 Å². The van der Waals surface area contributed by atoms with Crippen LogP contribution in [0.5, 0.6) is 0 Å². The van der Waals surface area contributed by atoms with Gasteiger partial charge in [-0.1, -0.05) is 6.58 Å². The summed E-state index contributed by atoms with van der Waals surface area (Å²) in [5.41, 5.74) is 0. The van der Waals surface area contributed by atoms with Crippen molar-refractivity contribution < 1.29 is 19.4 Å². The molecule has 0 aromatic carbocycles. The highest BCUT2D eigenvalue weighted by Crippen LogP contribution is 2.28. The minimum absolute atomic E-state index is 0.212. The SMILES string of the molecule is C=CC(=O)OCC1CCC(C(=O)O)CC1. The highest BCUT2D eigenvalue weighted by atomic mass is 16.5. The first-order valence-electron chi connectivity index (χ1n) is 5.15. The van der Waals surface area contributed by atoms with Crippen molar-refractivity contribution in [3.8, 4) is 0 Å². The number of carbonyl (C=O) groups excluding carboxylic acids is 1. The van der Waals surface area contributed by atoms with E-state index in [0.717, 1.165) is 18.9 Å². The van der Waals surface area contributed by atoms with Crippen molar-refractivity contribution in [1.82, 2.24) is 0 Å². The van der Waals surface area contributed by atoms with Crippen LogP contribution in [0.3, 0.4) is 0 Å². The summed E-state index contributed by atoms with van der Waals surface area (Å²) >= 11 is 0. The monoisotopic (exact) mass is 212 g/mol. The van der Waals surface area contributed by atoms with Crippen molar-refractivity contribution in [1.29, 1.82) is 0 Å². The molecule has 0 spiro atoms. The molecule has 4 nitrogen and oxygen atoms in total. The van der Waals surface area contributed by atoms with Crippen molar-refractivity contribution in [2.45, 2.75) is 25.7 Å². The van der Waals surface area contributed by atoms with Gasteiger partial charge in [0.15, 0.2) is 0 Å². The lowest BCUT2D eigenvalue weighted by Gasteiger charge is -2.25. The van der Waals surface area contributed by atoms with Gasteiger partial charge >= 0.3 is 11.9 Å². The fraction of sp³-hybridized carbons (Fsp3) is 0.636. The fourth-order valence-corrected chi connectivity index (χ4v) is 1.83. The lowest BCUT2D eigenvalue weighted by Crippen LogP contribution is -2.24. The van der Waals surface area contributed by atoms with Gasteiger partial charge in [-0.15, -0.1) is 0 Å². The summed E-state index contributed by atoms with van der Waals surface area (Å²) in [6, 6.07) is 0. The van der Waals surface area contributed by atoms with Gasteiger partial charge in [0.05, 0.1) is 12.5 Å². The van der Waals surface area contributed by atoms with E-state index in [2.05, 4.69) is 6.58 Å². The van der Waals surface area contributed by atoms with Crippen LogP contribution in [-0.4, -0.2) is 23.7 Å². The molecule has 0 aromatic rings. The number of ether oxygens (including phenoxy) is 1. The maximum absolute atomic E-state index is 10.8. The second-order valence-electron chi connectivity index (χ2n) is 3.89. The van der Waals surface area contributed by atoms with E-state index in [1.54, 1.807) is 0 Å². The fourth-order valence-electron chi connectivity index (χ4n) is 1.83. The van der Waals surface area contributed by atoms with E-state index in [4.69, 9.17) is 9.84 Å². The lowest BCUT2D eigenvalue weighted by molar-refractivity contribution is -0.145. The molecule has 1 N–H and O–H groups in total. The molecule has 0 saturated heterocycles.